The third-order valence-electron chi connectivity index (χ3n) is 2.93. The van der Waals surface area contributed by atoms with Gasteiger partial charge < -0.3 is 5.32 Å². The van der Waals surface area contributed by atoms with Crippen molar-refractivity contribution < 1.29 is 0 Å². The summed E-state index contributed by atoms with van der Waals surface area (Å²) in [6.45, 7) is 5.48. The quantitative estimate of drug-likeness (QED) is 0.761. The van der Waals surface area contributed by atoms with Crippen molar-refractivity contribution in [3.8, 4) is 0 Å². The van der Waals surface area contributed by atoms with Gasteiger partial charge in [-0.15, -0.1) is 23.1 Å². The molecule has 2 rings (SSSR count). The summed E-state index contributed by atoms with van der Waals surface area (Å²) in [5, 5.41) is 5.64. The van der Waals surface area contributed by atoms with Crippen molar-refractivity contribution >= 4 is 23.1 Å². The monoisotopic (exact) mass is 292 g/mol. The molecule has 0 aliphatic carbocycles. The Hall–Kier alpha value is -0.840. The molecular formula is C15H20N2S2. The summed E-state index contributed by atoms with van der Waals surface area (Å²) in [5.41, 5.74) is 4.41. The van der Waals surface area contributed by atoms with Gasteiger partial charge in [0, 0.05) is 22.1 Å². The predicted molar refractivity (Wildman–Crippen MR) is 84.8 cm³/mol. The zero-order valence-corrected chi connectivity index (χ0v) is 13.1. The van der Waals surface area contributed by atoms with E-state index in [0.717, 1.165) is 18.0 Å². The SMILES string of the molecule is CCCNC(C)c1cccc(SCc2cscn2)c1. The maximum atomic E-state index is 4.31. The van der Waals surface area contributed by atoms with Gasteiger partial charge in [0.1, 0.15) is 0 Å². The number of aromatic nitrogens is 1. The summed E-state index contributed by atoms with van der Waals surface area (Å²) in [5.74, 6) is 0.948. The van der Waals surface area contributed by atoms with Crippen molar-refractivity contribution in [3.63, 3.8) is 0 Å². The van der Waals surface area contributed by atoms with Crippen LogP contribution >= 0.6 is 23.1 Å². The van der Waals surface area contributed by atoms with Crippen LogP contribution in [0, 0.1) is 0 Å². The minimum Gasteiger partial charge on any atom is -0.310 e. The fourth-order valence-corrected chi connectivity index (χ4v) is 3.35. The van der Waals surface area contributed by atoms with Crippen LogP contribution in [0.25, 0.3) is 0 Å². The molecule has 1 atom stereocenters. The van der Waals surface area contributed by atoms with Crippen LogP contribution in [0.3, 0.4) is 0 Å². The minimum absolute atomic E-state index is 0.416. The molecule has 1 heterocycles. The number of hydrogen-bond donors (Lipinski definition) is 1. The van der Waals surface area contributed by atoms with E-state index in [1.807, 2.05) is 17.3 Å². The summed E-state index contributed by atoms with van der Waals surface area (Å²) in [6, 6.07) is 9.21. The number of nitrogens with one attached hydrogen (secondary N) is 1. The number of rotatable bonds is 7. The Morgan fingerprint density at radius 3 is 3.05 bits per heavy atom. The lowest BCUT2D eigenvalue weighted by Gasteiger charge is -2.14. The summed E-state index contributed by atoms with van der Waals surface area (Å²) in [6.07, 6.45) is 1.17. The van der Waals surface area contributed by atoms with Crippen LogP contribution in [0.15, 0.2) is 40.1 Å². The van der Waals surface area contributed by atoms with Gasteiger partial charge in [-0.1, -0.05) is 19.1 Å². The third kappa shape index (κ3) is 4.64. The molecule has 2 nitrogen and oxygen atoms in total. The number of nitrogens with zero attached hydrogens (tertiary/aromatic N) is 1. The van der Waals surface area contributed by atoms with Crippen molar-refractivity contribution in [3.05, 3.63) is 46.4 Å². The van der Waals surface area contributed by atoms with Gasteiger partial charge in [0.05, 0.1) is 11.2 Å². The Balaban J connectivity index is 1.94. The van der Waals surface area contributed by atoms with Gasteiger partial charge in [0.25, 0.3) is 0 Å². The fourth-order valence-electron chi connectivity index (χ4n) is 1.82. The molecule has 0 saturated carbocycles. The Bertz CT molecular complexity index is 483. The average molecular weight is 292 g/mol. The van der Waals surface area contributed by atoms with Crippen molar-refractivity contribution in [1.82, 2.24) is 10.3 Å². The molecule has 2 aromatic rings. The highest BCUT2D eigenvalue weighted by molar-refractivity contribution is 7.98. The van der Waals surface area contributed by atoms with Crippen LogP contribution in [-0.4, -0.2) is 11.5 Å². The highest BCUT2D eigenvalue weighted by Gasteiger charge is 2.05. The Kier molecular flexibility index (Phi) is 5.89. The van der Waals surface area contributed by atoms with E-state index in [-0.39, 0.29) is 0 Å². The molecule has 1 unspecified atom stereocenters. The summed E-state index contributed by atoms with van der Waals surface area (Å²) in [4.78, 5) is 5.63. The first-order valence-corrected chi connectivity index (χ1v) is 8.55. The summed E-state index contributed by atoms with van der Waals surface area (Å²) >= 11 is 3.51. The Labute approximate surface area is 123 Å². The lowest BCUT2D eigenvalue weighted by molar-refractivity contribution is 0.570. The summed E-state index contributed by atoms with van der Waals surface area (Å²) in [7, 11) is 0. The van der Waals surface area contributed by atoms with E-state index in [0.29, 0.717) is 6.04 Å². The van der Waals surface area contributed by atoms with E-state index in [1.54, 1.807) is 11.3 Å². The minimum atomic E-state index is 0.416. The van der Waals surface area contributed by atoms with Crippen LogP contribution in [-0.2, 0) is 5.75 Å². The fraction of sp³-hybridized carbons (Fsp3) is 0.400. The van der Waals surface area contributed by atoms with Crippen LogP contribution in [0.4, 0.5) is 0 Å². The normalized spacial score (nSPS) is 12.5. The number of hydrogen-bond acceptors (Lipinski definition) is 4. The molecular weight excluding hydrogens is 272 g/mol. The highest BCUT2D eigenvalue weighted by Crippen LogP contribution is 2.25. The van der Waals surface area contributed by atoms with Gasteiger partial charge in [-0.2, -0.15) is 0 Å². The van der Waals surface area contributed by atoms with Gasteiger partial charge in [0.2, 0.25) is 0 Å². The lowest BCUT2D eigenvalue weighted by atomic mass is 10.1. The Morgan fingerprint density at radius 2 is 2.32 bits per heavy atom. The lowest BCUT2D eigenvalue weighted by Crippen LogP contribution is -2.19. The van der Waals surface area contributed by atoms with Crippen molar-refractivity contribution in [2.45, 2.75) is 37.0 Å². The molecule has 4 heteroatoms. The van der Waals surface area contributed by atoms with Crippen molar-refractivity contribution in [1.29, 1.82) is 0 Å². The average Bonchev–Trinajstić information content (AvgIpc) is 2.96. The molecule has 0 amide bonds. The van der Waals surface area contributed by atoms with Gasteiger partial charge in [0.15, 0.2) is 0 Å². The van der Waals surface area contributed by atoms with E-state index in [4.69, 9.17) is 0 Å². The maximum absolute atomic E-state index is 4.31. The molecule has 102 valence electrons. The van der Waals surface area contributed by atoms with Crippen molar-refractivity contribution in [2.24, 2.45) is 0 Å². The third-order valence-corrected chi connectivity index (χ3v) is 4.59. The largest absolute Gasteiger partial charge is 0.310 e. The second-order valence-electron chi connectivity index (χ2n) is 4.52. The predicted octanol–water partition coefficient (Wildman–Crippen LogP) is 4.50. The van der Waals surface area contributed by atoms with Gasteiger partial charge in [-0.3, -0.25) is 0 Å². The first-order valence-electron chi connectivity index (χ1n) is 6.62. The van der Waals surface area contributed by atoms with E-state index in [2.05, 4.69) is 53.8 Å². The first-order chi connectivity index (χ1) is 9.29. The molecule has 0 aliphatic heterocycles. The molecule has 0 saturated heterocycles. The zero-order chi connectivity index (χ0) is 13.5. The smallest absolute Gasteiger partial charge is 0.0795 e. The van der Waals surface area contributed by atoms with Gasteiger partial charge in [-0.25, -0.2) is 4.98 Å². The Morgan fingerprint density at radius 1 is 1.42 bits per heavy atom. The molecule has 1 aromatic heterocycles. The van der Waals surface area contributed by atoms with E-state index in [9.17, 15) is 0 Å². The number of thiazole rings is 1. The molecule has 0 spiro atoms. The molecule has 1 aromatic carbocycles. The van der Waals surface area contributed by atoms with Crippen molar-refractivity contribution in [2.75, 3.05) is 6.54 Å². The molecule has 0 bridgehead atoms. The maximum Gasteiger partial charge on any atom is 0.0795 e. The highest BCUT2D eigenvalue weighted by atomic mass is 32.2. The van der Waals surface area contributed by atoms with E-state index in [1.165, 1.54) is 16.9 Å². The molecule has 1 N–H and O–H groups in total. The second-order valence-corrected chi connectivity index (χ2v) is 6.28. The van der Waals surface area contributed by atoms with Crippen LogP contribution in [0.2, 0.25) is 0 Å². The number of thioether (sulfide) groups is 1. The first kappa shape index (κ1) is 14.6. The van der Waals surface area contributed by atoms with Crippen LogP contribution in [0.1, 0.15) is 37.6 Å². The molecule has 19 heavy (non-hydrogen) atoms. The topological polar surface area (TPSA) is 24.9 Å². The second kappa shape index (κ2) is 7.68. The standard InChI is InChI=1S/C15H20N2S2/c1-3-7-16-12(2)13-5-4-6-15(8-13)19-10-14-9-18-11-17-14/h4-6,8-9,11-12,16H,3,7,10H2,1-2H3. The molecule has 0 radical (unpaired) electrons. The van der Waals surface area contributed by atoms with Gasteiger partial charge >= 0.3 is 0 Å². The van der Waals surface area contributed by atoms with Gasteiger partial charge in [-0.05, 0) is 37.6 Å². The molecule has 0 fully saturated rings. The molecule has 0 aliphatic rings. The van der Waals surface area contributed by atoms with Crippen LogP contribution < -0.4 is 5.32 Å². The van der Waals surface area contributed by atoms with E-state index < -0.39 is 0 Å². The summed E-state index contributed by atoms with van der Waals surface area (Å²) < 4.78 is 0. The van der Waals surface area contributed by atoms with Crippen LogP contribution in [0.5, 0.6) is 0 Å². The van der Waals surface area contributed by atoms with E-state index >= 15 is 0 Å². The zero-order valence-electron chi connectivity index (χ0n) is 11.4. The number of benzene rings is 1.